The molecule has 21 heavy (non-hydrogen) atoms. The predicted molar refractivity (Wildman–Crippen MR) is 87.5 cm³/mol. The van der Waals surface area contributed by atoms with Crippen LogP contribution >= 0.6 is 15.9 Å². The Hall–Kier alpha value is -2.08. The minimum atomic E-state index is -0.353. The second-order valence-corrected chi connectivity index (χ2v) is 5.83. The zero-order valence-corrected chi connectivity index (χ0v) is 13.2. The van der Waals surface area contributed by atoms with E-state index in [1.165, 1.54) is 6.07 Å². The number of imidazole rings is 1. The van der Waals surface area contributed by atoms with Gasteiger partial charge in [-0.25, -0.2) is 9.37 Å². The summed E-state index contributed by atoms with van der Waals surface area (Å²) < 4.78 is 15.8. The SMILES string of the molecule is CN(C)c1cccc(-n2c(N)nc3cc(F)c(Br)cc32)c1. The summed E-state index contributed by atoms with van der Waals surface area (Å²) in [4.78, 5) is 6.24. The molecule has 4 nitrogen and oxygen atoms in total. The van der Waals surface area contributed by atoms with Crippen LogP contribution in [-0.4, -0.2) is 23.6 Å². The van der Waals surface area contributed by atoms with Crippen molar-refractivity contribution in [2.45, 2.75) is 0 Å². The van der Waals surface area contributed by atoms with Crippen molar-refractivity contribution in [1.82, 2.24) is 9.55 Å². The molecule has 108 valence electrons. The van der Waals surface area contributed by atoms with E-state index in [1.54, 1.807) is 6.07 Å². The van der Waals surface area contributed by atoms with Crippen LogP contribution in [0.15, 0.2) is 40.9 Å². The van der Waals surface area contributed by atoms with Gasteiger partial charge in [0.1, 0.15) is 5.82 Å². The molecule has 1 heterocycles. The molecule has 0 saturated carbocycles. The molecule has 0 radical (unpaired) electrons. The lowest BCUT2D eigenvalue weighted by atomic mass is 10.2. The quantitative estimate of drug-likeness (QED) is 0.769. The van der Waals surface area contributed by atoms with E-state index in [4.69, 9.17) is 5.73 Å². The van der Waals surface area contributed by atoms with Crippen molar-refractivity contribution < 1.29 is 4.39 Å². The average Bonchev–Trinajstić information content (AvgIpc) is 2.74. The molecular weight excluding hydrogens is 335 g/mol. The summed E-state index contributed by atoms with van der Waals surface area (Å²) in [6, 6.07) is 11.0. The minimum absolute atomic E-state index is 0.332. The van der Waals surface area contributed by atoms with Gasteiger partial charge in [-0.3, -0.25) is 4.57 Å². The summed E-state index contributed by atoms with van der Waals surface area (Å²) in [5.74, 6) is -0.0207. The highest BCUT2D eigenvalue weighted by atomic mass is 79.9. The lowest BCUT2D eigenvalue weighted by molar-refractivity contribution is 0.623. The van der Waals surface area contributed by atoms with E-state index in [9.17, 15) is 4.39 Å². The number of nitrogens with zero attached hydrogens (tertiary/aromatic N) is 3. The molecule has 3 aromatic rings. The van der Waals surface area contributed by atoms with Crippen molar-refractivity contribution in [2.24, 2.45) is 0 Å². The number of nitrogen functional groups attached to an aromatic ring is 1. The highest BCUT2D eigenvalue weighted by Crippen LogP contribution is 2.29. The van der Waals surface area contributed by atoms with Gasteiger partial charge in [-0.15, -0.1) is 0 Å². The minimum Gasteiger partial charge on any atom is -0.378 e. The van der Waals surface area contributed by atoms with Gasteiger partial charge in [0.25, 0.3) is 0 Å². The Balaban J connectivity index is 2.27. The first kappa shape index (κ1) is 13.9. The van der Waals surface area contributed by atoms with Crippen molar-refractivity contribution in [3.05, 3.63) is 46.7 Å². The number of rotatable bonds is 2. The smallest absolute Gasteiger partial charge is 0.205 e. The van der Waals surface area contributed by atoms with Crippen LogP contribution in [0.1, 0.15) is 0 Å². The summed E-state index contributed by atoms with van der Waals surface area (Å²) in [6.07, 6.45) is 0. The molecule has 2 N–H and O–H groups in total. The van der Waals surface area contributed by atoms with Crippen LogP contribution in [-0.2, 0) is 0 Å². The van der Waals surface area contributed by atoms with Gasteiger partial charge in [0.15, 0.2) is 0 Å². The van der Waals surface area contributed by atoms with E-state index >= 15 is 0 Å². The highest BCUT2D eigenvalue weighted by Gasteiger charge is 2.13. The van der Waals surface area contributed by atoms with Crippen LogP contribution in [0.5, 0.6) is 0 Å². The van der Waals surface area contributed by atoms with Gasteiger partial charge in [-0.2, -0.15) is 0 Å². The second kappa shape index (κ2) is 5.04. The third-order valence-corrected chi connectivity index (χ3v) is 3.93. The third kappa shape index (κ3) is 2.35. The fourth-order valence-corrected chi connectivity index (χ4v) is 2.60. The fourth-order valence-electron chi connectivity index (χ4n) is 2.27. The van der Waals surface area contributed by atoms with Crippen molar-refractivity contribution in [1.29, 1.82) is 0 Å². The third-order valence-electron chi connectivity index (χ3n) is 3.33. The molecule has 6 heteroatoms. The Morgan fingerprint density at radius 1 is 1.24 bits per heavy atom. The fraction of sp³-hybridized carbons (Fsp3) is 0.133. The van der Waals surface area contributed by atoms with E-state index in [0.717, 1.165) is 16.9 Å². The first-order valence-corrected chi connectivity index (χ1v) is 7.17. The molecule has 0 amide bonds. The van der Waals surface area contributed by atoms with Crippen molar-refractivity contribution in [3.63, 3.8) is 0 Å². The van der Waals surface area contributed by atoms with E-state index < -0.39 is 0 Å². The molecule has 0 spiro atoms. The summed E-state index contributed by atoms with van der Waals surface area (Å²) in [7, 11) is 3.95. The number of nitrogens with two attached hydrogens (primary N) is 1. The first-order chi connectivity index (χ1) is 9.97. The normalized spacial score (nSPS) is 11.0. The highest BCUT2D eigenvalue weighted by molar-refractivity contribution is 9.10. The van der Waals surface area contributed by atoms with Gasteiger partial charge in [0, 0.05) is 25.8 Å². The number of anilines is 2. The van der Waals surface area contributed by atoms with Crippen LogP contribution in [0.2, 0.25) is 0 Å². The van der Waals surface area contributed by atoms with Crippen LogP contribution in [0, 0.1) is 5.82 Å². The Labute approximate surface area is 130 Å². The first-order valence-electron chi connectivity index (χ1n) is 6.38. The zero-order chi connectivity index (χ0) is 15.1. The number of hydrogen-bond acceptors (Lipinski definition) is 3. The molecule has 0 unspecified atom stereocenters. The summed E-state index contributed by atoms with van der Waals surface area (Å²) >= 11 is 3.20. The Morgan fingerprint density at radius 2 is 2.00 bits per heavy atom. The van der Waals surface area contributed by atoms with Gasteiger partial charge in [-0.1, -0.05) is 6.07 Å². The Kier molecular flexibility index (Phi) is 3.33. The number of benzene rings is 2. The number of aromatic nitrogens is 2. The second-order valence-electron chi connectivity index (χ2n) is 4.97. The Bertz CT molecular complexity index is 826. The van der Waals surface area contributed by atoms with Gasteiger partial charge in [0.2, 0.25) is 5.95 Å². The predicted octanol–water partition coefficient (Wildman–Crippen LogP) is 3.58. The van der Waals surface area contributed by atoms with Gasteiger partial charge >= 0.3 is 0 Å². The largest absolute Gasteiger partial charge is 0.378 e. The zero-order valence-electron chi connectivity index (χ0n) is 11.6. The topological polar surface area (TPSA) is 47.1 Å². The Morgan fingerprint density at radius 3 is 2.71 bits per heavy atom. The molecule has 0 aliphatic carbocycles. The summed E-state index contributed by atoms with van der Waals surface area (Å²) in [5.41, 5.74) is 9.24. The lowest BCUT2D eigenvalue weighted by Crippen LogP contribution is -2.09. The maximum absolute atomic E-state index is 13.6. The van der Waals surface area contributed by atoms with Gasteiger partial charge in [-0.05, 0) is 40.2 Å². The maximum Gasteiger partial charge on any atom is 0.205 e. The molecule has 0 aliphatic rings. The van der Waals surface area contributed by atoms with Crippen LogP contribution < -0.4 is 10.6 Å². The van der Waals surface area contributed by atoms with Crippen LogP contribution in [0.4, 0.5) is 16.0 Å². The molecule has 0 bridgehead atoms. The van der Waals surface area contributed by atoms with Crippen LogP contribution in [0.3, 0.4) is 0 Å². The monoisotopic (exact) mass is 348 g/mol. The van der Waals surface area contributed by atoms with E-state index in [0.29, 0.717) is 15.9 Å². The van der Waals surface area contributed by atoms with Crippen LogP contribution in [0.25, 0.3) is 16.7 Å². The van der Waals surface area contributed by atoms with Gasteiger partial charge in [0.05, 0.1) is 21.2 Å². The van der Waals surface area contributed by atoms with E-state index in [-0.39, 0.29) is 5.82 Å². The van der Waals surface area contributed by atoms with E-state index in [2.05, 4.69) is 20.9 Å². The number of fused-ring (bicyclic) bond motifs is 1. The van der Waals surface area contributed by atoms with Crippen molar-refractivity contribution in [3.8, 4) is 5.69 Å². The van der Waals surface area contributed by atoms with Crippen molar-refractivity contribution in [2.75, 3.05) is 24.7 Å². The molecule has 0 atom stereocenters. The lowest BCUT2D eigenvalue weighted by Gasteiger charge is -2.14. The number of halogens is 2. The maximum atomic E-state index is 13.6. The molecule has 2 aromatic carbocycles. The summed E-state index contributed by atoms with van der Waals surface area (Å²) in [5, 5.41) is 0. The molecule has 0 aliphatic heterocycles. The van der Waals surface area contributed by atoms with Crippen molar-refractivity contribution >= 4 is 38.6 Å². The van der Waals surface area contributed by atoms with E-state index in [1.807, 2.05) is 47.8 Å². The molecule has 0 fully saturated rings. The van der Waals surface area contributed by atoms with Gasteiger partial charge < -0.3 is 10.6 Å². The standard InChI is InChI=1S/C15H14BrFN4/c1-20(2)9-4-3-5-10(6-9)21-14-7-11(16)12(17)8-13(14)19-15(21)18/h3-8H,1-2H3,(H2,18,19). The molecule has 1 aromatic heterocycles. The number of hydrogen-bond donors (Lipinski definition) is 1. The molecule has 0 saturated heterocycles. The molecule has 3 rings (SSSR count). The summed E-state index contributed by atoms with van der Waals surface area (Å²) in [6.45, 7) is 0. The molecular formula is C15H14BrFN4. The average molecular weight is 349 g/mol.